The van der Waals surface area contributed by atoms with Gasteiger partial charge in [0.15, 0.2) is 0 Å². The van der Waals surface area contributed by atoms with Gasteiger partial charge in [0.25, 0.3) is 0 Å². The second kappa shape index (κ2) is 6.67. The number of nitrogens with zero attached hydrogens (tertiary/aromatic N) is 1. The highest BCUT2D eigenvalue weighted by Gasteiger charge is 2.17. The minimum absolute atomic E-state index is 0.288. The summed E-state index contributed by atoms with van der Waals surface area (Å²) in [6, 6.07) is 7.16. The van der Waals surface area contributed by atoms with Gasteiger partial charge < -0.3 is 10.6 Å². The molecule has 0 aromatic heterocycles. The molecule has 0 spiro atoms. The Hall–Kier alpha value is -0.670. The molecule has 3 heteroatoms. The van der Waals surface area contributed by atoms with Gasteiger partial charge in [0.05, 0.1) is 0 Å². The van der Waals surface area contributed by atoms with Crippen LogP contribution in [0, 0.1) is 6.92 Å². The van der Waals surface area contributed by atoms with Crippen LogP contribution in [0.4, 0.5) is 5.69 Å². The van der Waals surface area contributed by atoms with E-state index in [1.807, 2.05) is 0 Å². The molecule has 2 rings (SSSR count). The van der Waals surface area contributed by atoms with Crippen molar-refractivity contribution < 1.29 is 0 Å². The van der Waals surface area contributed by atoms with Crippen molar-refractivity contribution in [1.82, 2.24) is 0 Å². The molecule has 19 heavy (non-hydrogen) atoms. The van der Waals surface area contributed by atoms with Crippen LogP contribution in [-0.4, -0.2) is 30.1 Å². The fraction of sp³-hybridized carbons (Fsp3) is 0.625. The molecule has 0 radical (unpaired) electrons. The van der Waals surface area contributed by atoms with Crippen molar-refractivity contribution in [1.29, 1.82) is 0 Å². The number of thioether (sulfide) groups is 1. The smallest absolute Gasteiger partial charge is 0.0369 e. The molecule has 1 aliphatic heterocycles. The van der Waals surface area contributed by atoms with Crippen molar-refractivity contribution in [3.63, 3.8) is 0 Å². The molecule has 1 aromatic carbocycles. The summed E-state index contributed by atoms with van der Waals surface area (Å²) in [5, 5.41) is 0.738. The Kier molecular flexibility index (Phi) is 5.17. The lowest BCUT2D eigenvalue weighted by Gasteiger charge is -2.33. The largest absolute Gasteiger partial charge is 0.370 e. The van der Waals surface area contributed by atoms with E-state index in [-0.39, 0.29) is 6.04 Å². The first-order valence-corrected chi connectivity index (χ1v) is 8.36. The molecule has 2 unspecified atom stereocenters. The highest BCUT2D eigenvalue weighted by Crippen LogP contribution is 2.26. The average molecular weight is 278 g/mol. The van der Waals surface area contributed by atoms with Crippen molar-refractivity contribution in [2.75, 3.05) is 23.7 Å². The molecular formula is C16H26N2S. The van der Waals surface area contributed by atoms with Crippen LogP contribution in [0.1, 0.15) is 31.4 Å². The van der Waals surface area contributed by atoms with Crippen LogP contribution < -0.4 is 10.6 Å². The van der Waals surface area contributed by atoms with Gasteiger partial charge in [0, 0.05) is 35.8 Å². The summed E-state index contributed by atoms with van der Waals surface area (Å²) in [5.41, 5.74) is 10.2. The van der Waals surface area contributed by atoms with E-state index in [4.69, 9.17) is 5.73 Å². The lowest BCUT2D eigenvalue weighted by Crippen LogP contribution is -2.36. The molecule has 0 bridgehead atoms. The molecule has 2 nitrogen and oxygen atoms in total. The predicted molar refractivity (Wildman–Crippen MR) is 87.3 cm³/mol. The van der Waals surface area contributed by atoms with E-state index in [1.165, 1.54) is 29.1 Å². The van der Waals surface area contributed by atoms with Gasteiger partial charge in [-0.25, -0.2) is 0 Å². The fourth-order valence-corrected chi connectivity index (χ4v) is 3.60. The maximum absolute atomic E-state index is 6.06. The van der Waals surface area contributed by atoms with E-state index >= 15 is 0 Å². The third kappa shape index (κ3) is 3.90. The molecule has 1 saturated heterocycles. The maximum Gasteiger partial charge on any atom is 0.0369 e. The molecule has 2 atom stereocenters. The highest BCUT2D eigenvalue weighted by molar-refractivity contribution is 8.00. The zero-order valence-corrected chi connectivity index (χ0v) is 13.2. The minimum Gasteiger partial charge on any atom is -0.370 e. The van der Waals surface area contributed by atoms with E-state index in [0.29, 0.717) is 0 Å². The normalized spacial score (nSPS) is 21.5. The molecule has 0 amide bonds. The van der Waals surface area contributed by atoms with E-state index in [2.05, 4.69) is 55.6 Å². The van der Waals surface area contributed by atoms with Crippen LogP contribution in [-0.2, 0) is 6.42 Å². The van der Waals surface area contributed by atoms with Crippen LogP contribution >= 0.6 is 11.8 Å². The third-order valence-corrected chi connectivity index (χ3v) is 5.08. The lowest BCUT2D eigenvalue weighted by molar-refractivity contribution is 0.644. The average Bonchev–Trinajstić information content (AvgIpc) is 2.41. The first kappa shape index (κ1) is 14.7. The number of anilines is 1. The van der Waals surface area contributed by atoms with E-state index in [1.54, 1.807) is 0 Å². The zero-order valence-electron chi connectivity index (χ0n) is 12.4. The first-order valence-electron chi connectivity index (χ1n) is 7.31. The Morgan fingerprint density at radius 2 is 2.26 bits per heavy atom. The Labute approximate surface area is 121 Å². The van der Waals surface area contributed by atoms with Crippen molar-refractivity contribution >= 4 is 17.4 Å². The third-order valence-electron chi connectivity index (χ3n) is 3.94. The highest BCUT2D eigenvalue weighted by atomic mass is 32.2. The monoisotopic (exact) mass is 278 g/mol. The van der Waals surface area contributed by atoms with Gasteiger partial charge in [0.1, 0.15) is 0 Å². The number of hydrogen-bond donors (Lipinski definition) is 1. The molecule has 0 aliphatic carbocycles. The van der Waals surface area contributed by atoms with E-state index in [9.17, 15) is 0 Å². The number of hydrogen-bond acceptors (Lipinski definition) is 3. The van der Waals surface area contributed by atoms with Gasteiger partial charge in [-0.1, -0.05) is 19.9 Å². The first-order chi connectivity index (χ1) is 9.10. The minimum atomic E-state index is 0.288. The molecule has 106 valence electrons. The van der Waals surface area contributed by atoms with Gasteiger partial charge in [-0.3, -0.25) is 0 Å². The standard InChI is InChI=1S/C16H26N2S/c1-4-15(17)10-14-5-6-16(9-12(14)2)18-7-8-19-13(3)11-18/h5-6,9,13,15H,4,7-8,10-11,17H2,1-3H3. The molecule has 1 aromatic rings. The van der Waals surface area contributed by atoms with Crippen LogP contribution in [0.15, 0.2) is 18.2 Å². The summed E-state index contributed by atoms with van der Waals surface area (Å²) >= 11 is 2.08. The summed E-state index contributed by atoms with van der Waals surface area (Å²) in [4.78, 5) is 2.51. The van der Waals surface area contributed by atoms with Gasteiger partial charge in [-0.2, -0.15) is 11.8 Å². The topological polar surface area (TPSA) is 29.3 Å². The van der Waals surface area contributed by atoms with E-state index < -0.39 is 0 Å². The zero-order chi connectivity index (χ0) is 13.8. The predicted octanol–water partition coefficient (Wildman–Crippen LogP) is 3.22. The number of nitrogens with two attached hydrogens (primary N) is 1. The SMILES string of the molecule is CCC(N)Cc1ccc(N2CCSC(C)C2)cc1C. The Morgan fingerprint density at radius 3 is 2.89 bits per heavy atom. The molecule has 0 saturated carbocycles. The number of rotatable bonds is 4. The second-order valence-corrected chi connectivity index (χ2v) is 7.16. The van der Waals surface area contributed by atoms with Gasteiger partial charge in [-0.05, 0) is 43.0 Å². The van der Waals surface area contributed by atoms with Crippen molar-refractivity contribution in [3.05, 3.63) is 29.3 Å². The van der Waals surface area contributed by atoms with Crippen molar-refractivity contribution in [2.45, 2.75) is 44.9 Å². The van der Waals surface area contributed by atoms with Crippen molar-refractivity contribution in [3.8, 4) is 0 Å². The summed E-state index contributed by atoms with van der Waals surface area (Å²) < 4.78 is 0. The molecular weight excluding hydrogens is 252 g/mol. The number of benzene rings is 1. The van der Waals surface area contributed by atoms with Gasteiger partial charge >= 0.3 is 0 Å². The summed E-state index contributed by atoms with van der Waals surface area (Å²) in [7, 11) is 0. The van der Waals surface area contributed by atoms with Crippen LogP contribution in [0.3, 0.4) is 0 Å². The Bertz CT molecular complexity index is 419. The molecule has 1 aliphatic rings. The Morgan fingerprint density at radius 1 is 1.47 bits per heavy atom. The van der Waals surface area contributed by atoms with Crippen LogP contribution in [0.25, 0.3) is 0 Å². The molecule has 2 N–H and O–H groups in total. The van der Waals surface area contributed by atoms with E-state index in [0.717, 1.165) is 24.6 Å². The fourth-order valence-electron chi connectivity index (χ4n) is 2.59. The van der Waals surface area contributed by atoms with Gasteiger partial charge in [0.2, 0.25) is 0 Å². The van der Waals surface area contributed by atoms with Crippen LogP contribution in [0.5, 0.6) is 0 Å². The van der Waals surface area contributed by atoms with Crippen LogP contribution in [0.2, 0.25) is 0 Å². The maximum atomic E-state index is 6.06. The summed E-state index contributed by atoms with van der Waals surface area (Å²) in [6.07, 6.45) is 2.04. The quantitative estimate of drug-likeness (QED) is 0.917. The number of aryl methyl sites for hydroxylation is 1. The molecule has 1 heterocycles. The van der Waals surface area contributed by atoms with Crippen molar-refractivity contribution in [2.24, 2.45) is 5.73 Å². The second-order valence-electron chi connectivity index (χ2n) is 5.61. The van der Waals surface area contributed by atoms with Gasteiger partial charge in [-0.15, -0.1) is 0 Å². The summed E-state index contributed by atoms with van der Waals surface area (Å²) in [5.74, 6) is 1.24. The summed E-state index contributed by atoms with van der Waals surface area (Å²) in [6.45, 7) is 9.02. The Balaban J connectivity index is 2.09. The lowest BCUT2D eigenvalue weighted by atomic mass is 9.99. The molecule has 1 fully saturated rings.